The van der Waals surface area contributed by atoms with E-state index in [2.05, 4.69) is 23.1 Å². The number of methoxy groups -OCH3 is 1. The van der Waals surface area contributed by atoms with Crippen LogP contribution < -0.4 is 4.74 Å². The first-order chi connectivity index (χ1) is 7.36. The van der Waals surface area contributed by atoms with Gasteiger partial charge in [-0.05, 0) is 49.1 Å². The predicted octanol–water partition coefficient (Wildman–Crippen LogP) is 2.22. The number of ether oxygens (including phenoxy) is 1. The summed E-state index contributed by atoms with van der Waals surface area (Å²) in [7, 11) is 1.74. The van der Waals surface area contributed by atoms with Crippen molar-refractivity contribution in [1.29, 1.82) is 0 Å². The molecule has 0 aromatic heterocycles. The van der Waals surface area contributed by atoms with Crippen LogP contribution in [0.3, 0.4) is 0 Å². The van der Waals surface area contributed by atoms with Crippen molar-refractivity contribution in [3.8, 4) is 5.75 Å². The third kappa shape index (κ3) is 1.53. The molecular formula is C13H17NO. The third-order valence-corrected chi connectivity index (χ3v) is 3.74. The molecule has 1 unspecified atom stereocenters. The molecule has 2 heterocycles. The second-order valence-corrected chi connectivity index (χ2v) is 4.61. The highest BCUT2D eigenvalue weighted by Gasteiger charge is 2.29. The molecule has 0 bridgehead atoms. The van der Waals surface area contributed by atoms with Crippen molar-refractivity contribution in [1.82, 2.24) is 4.90 Å². The van der Waals surface area contributed by atoms with Crippen molar-refractivity contribution < 1.29 is 4.74 Å². The van der Waals surface area contributed by atoms with E-state index in [0.717, 1.165) is 18.3 Å². The zero-order valence-corrected chi connectivity index (χ0v) is 9.20. The summed E-state index contributed by atoms with van der Waals surface area (Å²) in [5.41, 5.74) is 2.99. The Balaban J connectivity index is 1.93. The maximum absolute atomic E-state index is 5.28. The Morgan fingerprint density at radius 1 is 1.33 bits per heavy atom. The second-order valence-electron chi connectivity index (χ2n) is 4.61. The summed E-state index contributed by atoms with van der Waals surface area (Å²) in [6, 6.07) is 7.31. The van der Waals surface area contributed by atoms with Crippen LogP contribution in [0.1, 0.15) is 24.0 Å². The van der Waals surface area contributed by atoms with Crippen molar-refractivity contribution in [2.24, 2.45) is 0 Å². The molecule has 15 heavy (non-hydrogen) atoms. The lowest BCUT2D eigenvalue weighted by Gasteiger charge is -2.31. The van der Waals surface area contributed by atoms with Gasteiger partial charge in [0.15, 0.2) is 0 Å². The van der Waals surface area contributed by atoms with Gasteiger partial charge in [-0.15, -0.1) is 0 Å². The van der Waals surface area contributed by atoms with Gasteiger partial charge in [0, 0.05) is 12.6 Å². The van der Waals surface area contributed by atoms with Crippen molar-refractivity contribution in [3.05, 3.63) is 29.3 Å². The largest absolute Gasteiger partial charge is 0.497 e. The molecule has 2 aliphatic heterocycles. The van der Waals surface area contributed by atoms with E-state index in [4.69, 9.17) is 4.74 Å². The van der Waals surface area contributed by atoms with Crippen LogP contribution in [-0.4, -0.2) is 24.6 Å². The van der Waals surface area contributed by atoms with Gasteiger partial charge in [0.05, 0.1) is 7.11 Å². The average Bonchev–Trinajstić information content (AvgIpc) is 2.72. The smallest absolute Gasteiger partial charge is 0.119 e. The van der Waals surface area contributed by atoms with Gasteiger partial charge in [-0.3, -0.25) is 4.90 Å². The van der Waals surface area contributed by atoms with Gasteiger partial charge in [0.1, 0.15) is 5.75 Å². The SMILES string of the molecule is COc1ccc2c(c1)CC1CCCN1C2. The van der Waals surface area contributed by atoms with Gasteiger partial charge in [-0.25, -0.2) is 0 Å². The van der Waals surface area contributed by atoms with Crippen molar-refractivity contribution in [2.45, 2.75) is 31.8 Å². The minimum atomic E-state index is 0.796. The van der Waals surface area contributed by atoms with Crippen molar-refractivity contribution >= 4 is 0 Å². The van der Waals surface area contributed by atoms with Gasteiger partial charge < -0.3 is 4.74 Å². The molecular weight excluding hydrogens is 186 g/mol. The minimum Gasteiger partial charge on any atom is -0.497 e. The second kappa shape index (κ2) is 3.53. The number of fused-ring (bicyclic) bond motifs is 2. The fraction of sp³-hybridized carbons (Fsp3) is 0.538. The number of hydrogen-bond donors (Lipinski definition) is 0. The highest BCUT2D eigenvalue weighted by Crippen LogP contribution is 2.31. The lowest BCUT2D eigenvalue weighted by molar-refractivity contribution is 0.227. The van der Waals surface area contributed by atoms with Gasteiger partial charge in [-0.2, -0.15) is 0 Å². The predicted molar refractivity (Wildman–Crippen MR) is 60.1 cm³/mol. The highest BCUT2D eigenvalue weighted by atomic mass is 16.5. The van der Waals surface area contributed by atoms with Crippen LogP contribution in [0, 0.1) is 0 Å². The molecule has 2 heteroatoms. The molecule has 80 valence electrons. The van der Waals surface area contributed by atoms with Crippen molar-refractivity contribution in [2.75, 3.05) is 13.7 Å². The molecule has 3 rings (SSSR count). The number of hydrogen-bond acceptors (Lipinski definition) is 2. The van der Waals surface area contributed by atoms with Crippen molar-refractivity contribution in [3.63, 3.8) is 0 Å². The van der Waals surface area contributed by atoms with Crippen LogP contribution in [0.2, 0.25) is 0 Å². The quantitative estimate of drug-likeness (QED) is 0.694. The monoisotopic (exact) mass is 203 g/mol. The number of benzene rings is 1. The first kappa shape index (κ1) is 9.22. The van der Waals surface area contributed by atoms with E-state index in [1.54, 1.807) is 7.11 Å². The zero-order chi connectivity index (χ0) is 10.3. The van der Waals surface area contributed by atoms with E-state index < -0.39 is 0 Å². The van der Waals surface area contributed by atoms with Crippen LogP contribution in [0.15, 0.2) is 18.2 Å². The molecule has 0 aliphatic carbocycles. The molecule has 0 radical (unpaired) electrons. The summed E-state index contributed by atoms with van der Waals surface area (Å²) in [6.07, 6.45) is 3.96. The number of rotatable bonds is 1. The Labute approximate surface area is 90.8 Å². The summed E-state index contributed by atoms with van der Waals surface area (Å²) >= 11 is 0. The maximum atomic E-state index is 5.28. The van der Waals surface area contributed by atoms with Crippen LogP contribution in [0.4, 0.5) is 0 Å². The van der Waals surface area contributed by atoms with E-state index in [1.807, 2.05) is 0 Å². The third-order valence-electron chi connectivity index (χ3n) is 3.74. The lowest BCUT2D eigenvalue weighted by atomic mass is 9.94. The average molecular weight is 203 g/mol. The molecule has 0 amide bonds. The summed E-state index contributed by atoms with van der Waals surface area (Å²) in [5.74, 6) is 1.00. The molecule has 2 aliphatic rings. The van der Waals surface area contributed by atoms with E-state index in [9.17, 15) is 0 Å². The maximum Gasteiger partial charge on any atom is 0.119 e. The first-order valence-corrected chi connectivity index (χ1v) is 5.76. The first-order valence-electron chi connectivity index (χ1n) is 5.76. The van der Waals surface area contributed by atoms with Crippen LogP contribution in [-0.2, 0) is 13.0 Å². The van der Waals surface area contributed by atoms with Crippen LogP contribution in [0.25, 0.3) is 0 Å². The molecule has 2 nitrogen and oxygen atoms in total. The molecule has 1 atom stereocenters. The normalized spacial score (nSPS) is 24.7. The fourth-order valence-corrected chi connectivity index (χ4v) is 2.88. The van der Waals surface area contributed by atoms with E-state index >= 15 is 0 Å². The molecule has 0 saturated carbocycles. The lowest BCUT2D eigenvalue weighted by Crippen LogP contribution is -2.35. The minimum absolute atomic E-state index is 0.796. The standard InChI is InChI=1S/C13H17NO/c1-15-13-5-4-10-9-14-6-2-3-12(14)7-11(10)8-13/h4-5,8,12H,2-3,6-7,9H2,1H3. The Bertz CT molecular complexity index is 375. The highest BCUT2D eigenvalue weighted by molar-refractivity contribution is 5.37. The van der Waals surface area contributed by atoms with Crippen LogP contribution in [0.5, 0.6) is 5.75 Å². The van der Waals surface area contributed by atoms with Crippen LogP contribution >= 0.6 is 0 Å². The molecule has 0 N–H and O–H groups in total. The van der Waals surface area contributed by atoms with E-state index in [-0.39, 0.29) is 0 Å². The Morgan fingerprint density at radius 2 is 2.27 bits per heavy atom. The number of nitrogens with zero attached hydrogens (tertiary/aromatic N) is 1. The fourth-order valence-electron chi connectivity index (χ4n) is 2.88. The zero-order valence-electron chi connectivity index (χ0n) is 9.20. The molecule has 1 fully saturated rings. The molecule has 1 saturated heterocycles. The van der Waals surface area contributed by atoms with E-state index in [0.29, 0.717) is 0 Å². The Morgan fingerprint density at radius 3 is 3.13 bits per heavy atom. The molecule has 1 aromatic carbocycles. The molecule has 0 spiro atoms. The van der Waals surface area contributed by atoms with Gasteiger partial charge >= 0.3 is 0 Å². The van der Waals surface area contributed by atoms with Gasteiger partial charge in [0.2, 0.25) is 0 Å². The topological polar surface area (TPSA) is 12.5 Å². The summed E-state index contributed by atoms with van der Waals surface area (Å²) in [5, 5.41) is 0. The summed E-state index contributed by atoms with van der Waals surface area (Å²) in [4.78, 5) is 2.62. The van der Waals surface area contributed by atoms with Gasteiger partial charge in [0.25, 0.3) is 0 Å². The Kier molecular flexibility index (Phi) is 2.17. The Hall–Kier alpha value is -1.02. The van der Waals surface area contributed by atoms with Gasteiger partial charge in [-0.1, -0.05) is 6.07 Å². The summed E-state index contributed by atoms with van der Waals surface area (Å²) in [6.45, 7) is 2.43. The summed E-state index contributed by atoms with van der Waals surface area (Å²) < 4.78 is 5.28. The molecule has 1 aromatic rings. The van der Waals surface area contributed by atoms with E-state index in [1.165, 1.54) is 36.9 Å².